The van der Waals surface area contributed by atoms with Gasteiger partial charge in [-0.15, -0.1) is 0 Å². The van der Waals surface area contributed by atoms with Gasteiger partial charge in [0.15, 0.2) is 6.54 Å². The number of piperazine rings is 1. The van der Waals surface area contributed by atoms with Gasteiger partial charge in [0.2, 0.25) is 10.0 Å². The van der Waals surface area contributed by atoms with Crippen molar-refractivity contribution in [1.82, 2.24) is 4.31 Å². The standard InChI is InChI=1S/C20H26N4O4S/c1-22(2)29(27,28)17-9-7-16(8-10-17)21-20(26)15-23-11-13-24(14-12-23)18-5-3-4-6-19(18)25/h3-10,25H,11-15H2,1-2H3,(H,21,26)/p+1. The fraction of sp³-hybridized carbons (Fsp3) is 0.350. The first-order valence-electron chi connectivity index (χ1n) is 9.46. The Kier molecular flexibility index (Phi) is 6.41. The Morgan fingerprint density at radius 2 is 1.72 bits per heavy atom. The molecule has 1 fully saturated rings. The summed E-state index contributed by atoms with van der Waals surface area (Å²) in [7, 11) is -0.524. The van der Waals surface area contributed by atoms with E-state index in [2.05, 4.69) is 10.2 Å². The lowest BCUT2D eigenvalue weighted by Crippen LogP contribution is -3.15. The van der Waals surface area contributed by atoms with Crippen molar-refractivity contribution in [1.29, 1.82) is 0 Å². The van der Waals surface area contributed by atoms with E-state index < -0.39 is 10.0 Å². The van der Waals surface area contributed by atoms with Crippen LogP contribution in [0.3, 0.4) is 0 Å². The minimum Gasteiger partial charge on any atom is -0.506 e. The molecule has 9 heteroatoms. The van der Waals surface area contributed by atoms with Gasteiger partial charge in [-0.3, -0.25) is 4.79 Å². The highest BCUT2D eigenvalue weighted by Crippen LogP contribution is 2.26. The van der Waals surface area contributed by atoms with Crippen LogP contribution in [0.4, 0.5) is 11.4 Å². The van der Waals surface area contributed by atoms with Crippen LogP contribution in [0.2, 0.25) is 0 Å². The molecule has 1 saturated heterocycles. The summed E-state index contributed by atoms with van der Waals surface area (Å²) in [4.78, 5) is 15.8. The minimum atomic E-state index is -3.48. The molecule has 1 amide bonds. The zero-order valence-corrected chi connectivity index (χ0v) is 17.4. The van der Waals surface area contributed by atoms with E-state index in [1.54, 1.807) is 24.3 Å². The van der Waals surface area contributed by atoms with Gasteiger partial charge in [0.05, 0.1) is 36.8 Å². The van der Waals surface area contributed by atoms with E-state index in [-0.39, 0.29) is 16.6 Å². The molecular formula is C20H27N4O4S+. The fourth-order valence-corrected chi connectivity index (χ4v) is 4.23. The molecule has 29 heavy (non-hydrogen) atoms. The molecule has 0 saturated carbocycles. The number of phenols is 1. The van der Waals surface area contributed by atoms with Gasteiger partial charge in [0.1, 0.15) is 5.75 Å². The van der Waals surface area contributed by atoms with Crippen LogP contribution in [-0.2, 0) is 14.8 Å². The SMILES string of the molecule is CN(C)S(=O)(=O)c1ccc(NC(=O)C[NH+]2CCN(c3ccccc3O)CC2)cc1. The number of aromatic hydroxyl groups is 1. The van der Waals surface area contributed by atoms with Gasteiger partial charge in [-0.25, -0.2) is 12.7 Å². The van der Waals surface area contributed by atoms with Crippen molar-refractivity contribution in [2.24, 2.45) is 0 Å². The Balaban J connectivity index is 1.51. The number of amides is 1. The number of rotatable bonds is 6. The second kappa shape index (κ2) is 8.81. The molecule has 0 bridgehead atoms. The molecule has 1 aliphatic heterocycles. The van der Waals surface area contributed by atoms with E-state index in [0.717, 1.165) is 36.2 Å². The monoisotopic (exact) mass is 419 g/mol. The normalized spacial score (nSPS) is 15.5. The lowest BCUT2D eigenvalue weighted by atomic mass is 10.2. The van der Waals surface area contributed by atoms with E-state index in [4.69, 9.17) is 0 Å². The highest BCUT2D eigenvalue weighted by molar-refractivity contribution is 7.89. The first-order valence-corrected chi connectivity index (χ1v) is 10.9. The number of benzene rings is 2. The molecule has 3 N–H and O–H groups in total. The molecule has 8 nitrogen and oxygen atoms in total. The summed E-state index contributed by atoms with van der Waals surface area (Å²) < 4.78 is 25.3. The van der Waals surface area contributed by atoms with Crippen LogP contribution >= 0.6 is 0 Å². The molecular weight excluding hydrogens is 392 g/mol. The van der Waals surface area contributed by atoms with Gasteiger partial charge >= 0.3 is 0 Å². The van der Waals surface area contributed by atoms with Gasteiger partial charge in [0, 0.05) is 19.8 Å². The predicted molar refractivity (Wildman–Crippen MR) is 112 cm³/mol. The third kappa shape index (κ3) is 5.06. The molecule has 0 aromatic heterocycles. The van der Waals surface area contributed by atoms with Crippen molar-refractivity contribution in [3.05, 3.63) is 48.5 Å². The zero-order chi connectivity index (χ0) is 21.0. The zero-order valence-electron chi connectivity index (χ0n) is 16.6. The van der Waals surface area contributed by atoms with Crippen LogP contribution in [0.15, 0.2) is 53.4 Å². The molecule has 0 unspecified atom stereocenters. The fourth-order valence-electron chi connectivity index (χ4n) is 3.33. The van der Waals surface area contributed by atoms with E-state index >= 15 is 0 Å². The van der Waals surface area contributed by atoms with E-state index in [0.29, 0.717) is 12.2 Å². The first kappa shape index (κ1) is 21.1. The number of quaternary nitrogens is 1. The Morgan fingerprint density at radius 3 is 2.31 bits per heavy atom. The average Bonchev–Trinajstić information content (AvgIpc) is 2.69. The van der Waals surface area contributed by atoms with Crippen LogP contribution in [0, 0.1) is 0 Å². The van der Waals surface area contributed by atoms with Crippen molar-refractivity contribution in [3.63, 3.8) is 0 Å². The summed E-state index contributed by atoms with van der Waals surface area (Å²) in [5.41, 5.74) is 1.39. The Morgan fingerprint density at radius 1 is 1.10 bits per heavy atom. The molecule has 3 rings (SSSR count). The van der Waals surface area contributed by atoms with E-state index in [1.165, 1.54) is 31.1 Å². The summed E-state index contributed by atoms with van der Waals surface area (Å²) in [5, 5.41) is 12.8. The van der Waals surface area contributed by atoms with Gasteiger partial charge in [-0.1, -0.05) is 12.1 Å². The van der Waals surface area contributed by atoms with Crippen molar-refractivity contribution in [2.75, 3.05) is 57.0 Å². The molecule has 0 spiro atoms. The summed E-state index contributed by atoms with van der Waals surface area (Å²) in [6, 6.07) is 13.4. The third-order valence-electron chi connectivity index (χ3n) is 5.02. The largest absolute Gasteiger partial charge is 0.506 e. The third-order valence-corrected chi connectivity index (χ3v) is 6.85. The van der Waals surface area contributed by atoms with Crippen molar-refractivity contribution in [2.45, 2.75) is 4.90 Å². The first-order chi connectivity index (χ1) is 13.8. The number of para-hydroxylation sites is 2. The maximum Gasteiger partial charge on any atom is 0.279 e. The minimum absolute atomic E-state index is 0.112. The van der Waals surface area contributed by atoms with Crippen LogP contribution < -0.4 is 15.1 Å². The van der Waals surface area contributed by atoms with Gasteiger partial charge in [0.25, 0.3) is 5.91 Å². The van der Waals surface area contributed by atoms with Gasteiger partial charge in [-0.05, 0) is 36.4 Å². The number of hydrogen-bond acceptors (Lipinski definition) is 5. The van der Waals surface area contributed by atoms with Crippen LogP contribution in [0.5, 0.6) is 5.75 Å². The predicted octanol–water partition coefficient (Wildman–Crippen LogP) is -0.0139. The average molecular weight is 420 g/mol. The number of carbonyl (C=O) groups excluding carboxylic acids is 1. The smallest absolute Gasteiger partial charge is 0.279 e. The van der Waals surface area contributed by atoms with Crippen LogP contribution in [0.25, 0.3) is 0 Å². The number of hydrogen-bond donors (Lipinski definition) is 3. The molecule has 1 heterocycles. The number of anilines is 2. The molecule has 2 aromatic rings. The number of phenolic OH excluding ortho intramolecular Hbond substituents is 1. The molecule has 2 aromatic carbocycles. The van der Waals surface area contributed by atoms with Crippen LogP contribution in [0.1, 0.15) is 0 Å². The Bertz CT molecular complexity index is 953. The molecule has 0 radical (unpaired) electrons. The van der Waals surface area contributed by atoms with Gasteiger partial charge < -0.3 is 20.2 Å². The van der Waals surface area contributed by atoms with Crippen molar-refractivity contribution >= 4 is 27.3 Å². The van der Waals surface area contributed by atoms with Crippen molar-refractivity contribution < 1.29 is 23.2 Å². The van der Waals surface area contributed by atoms with Crippen molar-refractivity contribution in [3.8, 4) is 5.75 Å². The number of nitrogens with zero attached hydrogens (tertiary/aromatic N) is 2. The summed E-state index contributed by atoms with van der Waals surface area (Å²) >= 11 is 0. The summed E-state index contributed by atoms with van der Waals surface area (Å²) in [6.07, 6.45) is 0. The topological polar surface area (TPSA) is 94.4 Å². The second-order valence-corrected chi connectivity index (χ2v) is 9.41. The molecule has 156 valence electrons. The molecule has 0 aliphatic carbocycles. The Labute approximate surface area is 171 Å². The highest BCUT2D eigenvalue weighted by atomic mass is 32.2. The van der Waals surface area contributed by atoms with Gasteiger partial charge in [-0.2, -0.15) is 0 Å². The maximum atomic E-state index is 12.4. The summed E-state index contributed by atoms with van der Waals surface area (Å²) in [6.45, 7) is 3.45. The number of nitrogens with one attached hydrogen (secondary N) is 2. The molecule has 0 atom stereocenters. The number of sulfonamides is 1. The van der Waals surface area contributed by atoms with E-state index in [9.17, 15) is 18.3 Å². The van der Waals surface area contributed by atoms with Crippen LogP contribution in [-0.4, -0.2) is 70.6 Å². The lowest BCUT2D eigenvalue weighted by Gasteiger charge is -2.33. The quantitative estimate of drug-likeness (QED) is 0.612. The summed E-state index contributed by atoms with van der Waals surface area (Å²) in [5.74, 6) is 0.160. The van der Waals surface area contributed by atoms with E-state index in [1.807, 2.05) is 12.1 Å². The Hall–Kier alpha value is -2.62. The highest BCUT2D eigenvalue weighted by Gasteiger charge is 2.24. The number of carbonyl (C=O) groups is 1. The maximum absolute atomic E-state index is 12.4. The molecule has 1 aliphatic rings. The second-order valence-electron chi connectivity index (χ2n) is 7.26. The lowest BCUT2D eigenvalue weighted by molar-refractivity contribution is -0.892.